The number of ether oxygens (including phenoxy) is 1. The Morgan fingerprint density at radius 2 is 1.84 bits per heavy atom. The summed E-state index contributed by atoms with van der Waals surface area (Å²) in [6.07, 6.45) is 8.49. The first-order chi connectivity index (χ1) is 15.6. The standard InChI is InChI=1S/C22H24FN7O2/c1-13-17(8-7-16(19(13)23)20-26-12-27-28-20)30-18(31)11-29(21-22(30)25-10-9-24-21)14-3-5-15(32-2)6-4-14/h7-10,12,14-15H,3-6,11H2,1-2H3,(H,26,27,28). The van der Waals surface area contributed by atoms with Crippen molar-refractivity contribution in [2.24, 2.45) is 0 Å². The Balaban J connectivity index is 1.52. The molecule has 2 aliphatic rings. The number of benzene rings is 1. The molecule has 166 valence electrons. The van der Waals surface area contributed by atoms with Gasteiger partial charge < -0.3 is 9.64 Å². The zero-order valence-corrected chi connectivity index (χ0v) is 18.0. The van der Waals surface area contributed by atoms with E-state index in [1.807, 2.05) is 4.90 Å². The van der Waals surface area contributed by atoms with Gasteiger partial charge in [0, 0.05) is 31.1 Å². The first kappa shape index (κ1) is 20.5. The predicted molar refractivity (Wildman–Crippen MR) is 116 cm³/mol. The maximum absolute atomic E-state index is 15.2. The van der Waals surface area contributed by atoms with E-state index in [0.717, 1.165) is 25.7 Å². The van der Waals surface area contributed by atoms with Gasteiger partial charge in [0.2, 0.25) is 0 Å². The summed E-state index contributed by atoms with van der Waals surface area (Å²) in [6.45, 7) is 1.81. The lowest BCUT2D eigenvalue weighted by molar-refractivity contribution is -0.117. The van der Waals surface area contributed by atoms with E-state index in [2.05, 4.69) is 25.1 Å². The Morgan fingerprint density at radius 3 is 2.53 bits per heavy atom. The molecule has 1 aliphatic carbocycles. The first-order valence-corrected chi connectivity index (χ1v) is 10.7. The molecule has 3 heterocycles. The Kier molecular flexibility index (Phi) is 5.30. The minimum absolute atomic E-state index is 0.165. The van der Waals surface area contributed by atoms with Crippen molar-refractivity contribution in [3.05, 3.63) is 42.2 Å². The molecule has 3 aromatic rings. The summed E-state index contributed by atoms with van der Waals surface area (Å²) >= 11 is 0. The van der Waals surface area contributed by atoms with Gasteiger partial charge in [-0.05, 0) is 44.7 Å². The Hall–Kier alpha value is -3.40. The van der Waals surface area contributed by atoms with E-state index in [1.165, 1.54) is 11.2 Å². The summed E-state index contributed by atoms with van der Waals surface area (Å²) in [5, 5.41) is 6.46. The van der Waals surface area contributed by atoms with Gasteiger partial charge in [-0.1, -0.05) is 0 Å². The van der Waals surface area contributed by atoms with Crippen molar-refractivity contribution in [1.29, 1.82) is 0 Å². The van der Waals surface area contributed by atoms with Gasteiger partial charge in [-0.15, -0.1) is 0 Å². The molecule has 0 spiro atoms. The van der Waals surface area contributed by atoms with Crippen LogP contribution in [0.25, 0.3) is 11.4 Å². The van der Waals surface area contributed by atoms with Crippen LogP contribution >= 0.6 is 0 Å². The molecule has 0 bridgehead atoms. The number of rotatable bonds is 4. The van der Waals surface area contributed by atoms with Crippen LogP contribution in [0.4, 0.5) is 21.7 Å². The topological polar surface area (TPSA) is 100 Å². The molecule has 9 nitrogen and oxygen atoms in total. The lowest BCUT2D eigenvalue weighted by Gasteiger charge is -2.42. The minimum Gasteiger partial charge on any atom is -0.381 e. The van der Waals surface area contributed by atoms with Crippen molar-refractivity contribution in [1.82, 2.24) is 25.1 Å². The average Bonchev–Trinajstić information content (AvgIpc) is 3.36. The molecule has 1 aromatic carbocycles. The normalized spacial score (nSPS) is 21.0. The largest absolute Gasteiger partial charge is 0.381 e. The van der Waals surface area contributed by atoms with Crippen molar-refractivity contribution < 1.29 is 13.9 Å². The van der Waals surface area contributed by atoms with E-state index in [1.54, 1.807) is 38.6 Å². The molecular formula is C22H24FN7O2. The highest BCUT2D eigenvalue weighted by Gasteiger charge is 2.38. The number of amides is 1. The van der Waals surface area contributed by atoms with Gasteiger partial charge >= 0.3 is 0 Å². The van der Waals surface area contributed by atoms with E-state index in [0.29, 0.717) is 34.3 Å². The van der Waals surface area contributed by atoms with E-state index in [-0.39, 0.29) is 24.6 Å². The number of aromatic amines is 1. The number of halogens is 1. The highest BCUT2D eigenvalue weighted by molar-refractivity contribution is 6.07. The zero-order valence-electron chi connectivity index (χ0n) is 18.0. The number of hydrogen-bond acceptors (Lipinski definition) is 7. The van der Waals surface area contributed by atoms with Crippen LogP contribution in [0.3, 0.4) is 0 Å². The SMILES string of the molecule is COC1CCC(N2CC(=O)N(c3ccc(-c4ncn[nH]4)c(F)c3C)c3nccnc32)CC1. The highest BCUT2D eigenvalue weighted by Crippen LogP contribution is 2.40. The lowest BCUT2D eigenvalue weighted by atomic mass is 9.91. The minimum atomic E-state index is -0.460. The van der Waals surface area contributed by atoms with Crippen LogP contribution in [-0.4, -0.2) is 56.9 Å². The molecule has 0 saturated heterocycles. The number of methoxy groups -OCH3 is 1. The van der Waals surface area contributed by atoms with Crippen molar-refractivity contribution in [3.8, 4) is 11.4 Å². The molecule has 32 heavy (non-hydrogen) atoms. The second-order valence-electron chi connectivity index (χ2n) is 8.13. The van der Waals surface area contributed by atoms with E-state index in [4.69, 9.17) is 4.74 Å². The lowest BCUT2D eigenvalue weighted by Crippen LogP contribution is -2.50. The van der Waals surface area contributed by atoms with Crippen molar-refractivity contribution in [2.75, 3.05) is 23.5 Å². The fourth-order valence-corrected chi connectivity index (χ4v) is 4.67. The maximum atomic E-state index is 15.2. The molecule has 5 rings (SSSR count). The summed E-state index contributed by atoms with van der Waals surface area (Å²) in [4.78, 5) is 29.9. The summed E-state index contributed by atoms with van der Waals surface area (Å²) in [5.74, 6) is 0.777. The fraction of sp³-hybridized carbons (Fsp3) is 0.409. The summed E-state index contributed by atoms with van der Waals surface area (Å²) in [5.41, 5.74) is 1.07. The number of nitrogens with one attached hydrogen (secondary N) is 1. The monoisotopic (exact) mass is 437 g/mol. The average molecular weight is 437 g/mol. The summed E-state index contributed by atoms with van der Waals surface area (Å²) in [7, 11) is 1.74. The summed E-state index contributed by atoms with van der Waals surface area (Å²) < 4.78 is 20.7. The number of carbonyl (C=O) groups excluding carboxylic acids is 1. The molecule has 0 atom stereocenters. The molecule has 1 fully saturated rings. The van der Waals surface area contributed by atoms with Gasteiger partial charge in [0.25, 0.3) is 5.91 Å². The van der Waals surface area contributed by atoms with E-state index < -0.39 is 5.82 Å². The van der Waals surface area contributed by atoms with Crippen LogP contribution in [0.1, 0.15) is 31.2 Å². The molecule has 1 amide bonds. The van der Waals surface area contributed by atoms with Gasteiger partial charge in [0.05, 0.1) is 23.9 Å². The second-order valence-corrected chi connectivity index (χ2v) is 8.13. The number of nitrogens with zero attached hydrogens (tertiary/aromatic N) is 6. The van der Waals surface area contributed by atoms with Crippen LogP contribution in [0.15, 0.2) is 30.9 Å². The van der Waals surface area contributed by atoms with Crippen LogP contribution in [0.5, 0.6) is 0 Å². The number of anilines is 3. The zero-order chi connectivity index (χ0) is 22.2. The highest BCUT2D eigenvalue weighted by atomic mass is 19.1. The van der Waals surface area contributed by atoms with E-state index in [9.17, 15) is 4.79 Å². The molecule has 1 aliphatic heterocycles. The van der Waals surface area contributed by atoms with Gasteiger partial charge in [-0.2, -0.15) is 5.10 Å². The molecule has 10 heteroatoms. The third-order valence-electron chi connectivity index (χ3n) is 6.39. The van der Waals surface area contributed by atoms with Crippen molar-refractivity contribution in [3.63, 3.8) is 0 Å². The molecular weight excluding hydrogens is 413 g/mol. The number of fused-ring (bicyclic) bond motifs is 1. The third-order valence-corrected chi connectivity index (χ3v) is 6.39. The quantitative estimate of drug-likeness (QED) is 0.669. The number of aromatic nitrogens is 5. The Labute approximate surface area is 184 Å². The second kappa shape index (κ2) is 8.27. The van der Waals surface area contributed by atoms with Crippen LogP contribution < -0.4 is 9.80 Å². The van der Waals surface area contributed by atoms with Gasteiger partial charge in [0.1, 0.15) is 12.1 Å². The van der Waals surface area contributed by atoms with Crippen LogP contribution in [0, 0.1) is 12.7 Å². The Bertz CT molecular complexity index is 1130. The molecule has 0 unspecified atom stereocenters. The van der Waals surface area contributed by atoms with Crippen LogP contribution in [0.2, 0.25) is 0 Å². The summed E-state index contributed by atoms with van der Waals surface area (Å²) in [6, 6.07) is 3.50. The number of hydrogen-bond donors (Lipinski definition) is 1. The van der Waals surface area contributed by atoms with Crippen molar-refractivity contribution in [2.45, 2.75) is 44.8 Å². The molecule has 0 radical (unpaired) electrons. The van der Waals surface area contributed by atoms with Gasteiger partial charge in [0.15, 0.2) is 17.5 Å². The number of carbonyl (C=O) groups is 1. The third kappa shape index (κ3) is 3.40. The van der Waals surface area contributed by atoms with Crippen molar-refractivity contribution >= 4 is 23.2 Å². The fourth-order valence-electron chi connectivity index (χ4n) is 4.67. The molecule has 1 saturated carbocycles. The Morgan fingerprint density at radius 1 is 1.09 bits per heavy atom. The molecule has 1 N–H and O–H groups in total. The van der Waals surface area contributed by atoms with E-state index >= 15 is 4.39 Å². The van der Waals surface area contributed by atoms with Gasteiger partial charge in [-0.3, -0.25) is 14.8 Å². The maximum Gasteiger partial charge on any atom is 0.252 e. The van der Waals surface area contributed by atoms with Crippen LogP contribution in [-0.2, 0) is 9.53 Å². The smallest absolute Gasteiger partial charge is 0.252 e. The predicted octanol–water partition coefficient (Wildman–Crippen LogP) is 3.15. The number of H-pyrrole nitrogens is 1. The van der Waals surface area contributed by atoms with Gasteiger partial charge in [-0.25, -0.2) is 19.3 Å². The first-order valence-electron chi connectivity index (χ1n) is 10.7. The molecule has 2 aromatic heterocycles.